The summed E-state index contributed by atoms with van der Waals surface area (Å²) in [6.07, 6.45) is 0. The van der Waals surface area contributed by atoms with Gasteiger partial charge in [-0.25, -0.2) is 4.39 Å². The smallest absolute Gasteiger partial charge is 0.255 e. The molecule has 0 spiro atoms. The van der Waals surface area contributed by atoms with Crippen LogP contribution < -0.4 is 5.73 Å². The maximum Gasteiger partial charge on any atom is 0.255 e. The Hall–Kier alpha value is -2.07. The predicted octanol–water partition coefficient (Wildman–Crippen LogP) is 3.33. The van der Waals surface area contributed by atoms with Gasteiger partial charge in [-0.2, -0.15) is 0 Å². The van der Waals surface area contributed by atoms with Gasteiger partial charge in [-0.15, -0.1) is 0 Å². The molecule has 104 valence electrons. The maximum atomic E-state index is 13.1. The van der Waals surface area contributed by atoms with Crippen molar-refractivity contribution < 1.29 is 9.18 Å². The van der Waals surface area contributed by atoms with E-state index in [2.05, 4.69) is 0 Å². The molecule has 0 aliphatic rings. The molecule has 0 radical (unpaired) electrons. The SMILES string of the molecule is CN(Cc1cccc(F)c1)C(=O)c1cc(N)ccc1Cl. The lowest BCUT2D eigenvalue weighted by Crippen LogP contribution is -2.26. The predicted molar refractivity (Wildman–Crippen MR) is 78.1 cm³/mol. The largest absolute Gasteiger partial charge is 0.399 e. The van der Waals surface area contributed by atoms with Crippen LogP contribution in [0.15, 0.2) is 42.5 Å². The highest BCUT2D eigenvalue weighted by Gasteiger charge is 2.15. The molecule has 2 N–H and O–H groups in total. The number of nitrogen functional groups attached to an aromatic ring is 1. The van der Waals surface area contributed by atoms with Gasteiger partial charge in [0.2, 0.25) is 0 Å². The third-order valence-electron chi connectivity index (χ3n) is 2.88. The quantitative estimate of drug-likeness (QED) is 0.882. The standard InChI is InChI=1S/C15H14ClFN2O/c1-19(9-10-3-2-4-11(17)7-10)15(20)13-8-12(18)5-6-14(13)16/h2-8H,9,18H2,1H3. The van der Waals surface area contributed by atoms with Gasteiger partial charge in [-0.1, -0.05) is 23.7 Å². The number of hydrogen-bond acceptors (Lipinski definition) is 2. The molecular formula is C15H14ClFN2O. The Kier molecular flexibility index (Phi) is 4.25. The highest BCUT2D eigenvalue weighted by atomic mass is 35.5. The summed E-state index contributed by atoms with van der Waals surface area (Å²) in [5.41, 5.74) is 7.18. The molecule has 3 nitrogen and oxygen atoms in total. The van der Waals surface area contributed by atoms with Gasteiger partial charge >= 0.3 is 0 Å². The summed E-state index contributed by atoms with van der Waals surface area (Å²) in [5, 5.41) is 0.343. The van der Waals surface area contributed by atoms with Gasteiger partial charge in [-0.3, -0.25) is 4.79 Å². The molecule has 0 aliphatic carbocycles. The van der Waals surface area contributed by atoms with Crippen molar-refractivity contribution in [2.24, 2.45) is 0 Å². The van der Waals surface area contributed by atoms with E-state index in [1.807, 2.05) is 0 Å². The second-order valence-electron chi connectivity index (χ2n) is 4.53. The number of carbonyl (C=O) groups excluding carboxylic acids is 1. The molecule has 0 unspecified atom stereocenters. The number of nitrogens with two attached hydrogens (primary N) is 1. The summed E-state index contributed by atoms with van der Waals surface area (Å²) >= 11 is 6.00. The Morgan fingerprint density at radius 1 is 1.30 bits per heavy atom. The van der Waals surface area contributed by atoms with Crippen LogP contribution in [0.1, 0.15) is 15.9 Å². The van der Waals surface area contributed by atoms with Gasteiger partial charge in [0, 0.05) is 19.3 Å². The summed E-state index contributed by atoms with van der Waals surface area (Å²) < 4.78 is 13.1. The number of anilines is 1. The topological polar surface area (TPSA) is 46.3 Å². The number of carbonyl (C=O) groups is 1. The molecule has 0 fully saturated rings. The van der Waals surface area contributed by atoms with Crippen molar-refractivity contribution >= 4 is 23.2 Å². The first-order valence-corrected chi connectivity index (χ1v) is 6.40. The highest BCUT2D eigenvalue weighted by molar-refractivity contribution is 6.33. The van der Waals surface area contributed by atoms with E-state index in [1.165, 1.54) is 23.1 Å². The number of benzene rings is 2. The number of hydrogen-bond donors (Lipinski definition) is 1. The Balaban J connectivity index is 2.18. The summed E-state index contributed by atoms with van der Waals surface area (Å²) in [5.74, 6) is -0.586. The lowest BCUT2D eigenvalue weighted by molar-refractivity contribution is 0.0785. The van der Waals surface area contributed by atoms with E-state index >= 15 is 0 Å². The van der Waals surface area contributed by atoms with Gasteiger partial charge in [-0.05, 0) is 35.9 Å². The fraction of sp³-hybridized carbons (Fsp3) is 0.133. The zero-order valence-corrected chi connectivity index (χ0v) is 11.7. The van der Waals surface area contributed by atoms with Crippen molar-refractivity contribution in [2.45, 2.75) is 6.54 Å². The Bertz CT molecular complexity index is 646. The monoisotopic (exact) mass is 292 g/mol. The lowest BCUT2D eigenvalue weighted by atomic mass is 10.1. The third kappa shape index (κ3) is 3.27. The van der Waals surface area contributed by atoms with Crippen molar-refractivity contribution in [1.29, 1.82) is 0 Å². The zero-order chi connectivity index (χ0) is 14.7. The van der Waals surface area contributed by atoms with E-state index in [4.69, 9.17) is 17.3 Å². The van der Waals surface area contributed by atoms with Gasteiger partial charge in [0.05, 0.1) is 10.6 Å². The van der Waals surface area contributed by atoms with Gasteiger partial charge in [0.15, 0.2) is 0 Å². The van der Waals surface area contributed by atoms with Gasteiger partial charge < -0.3 is 10.6 Å². The summed E-state index contributed by atoms with van der Waals surface area (Å²) in [4.78, 5) is 13.8. The molecule has 2 aromatic rings. The van der Waals surface area contributed by atoms with Crippen LogP contribution >= 0.6 is 11.6 Å². The van der Waals surface area contributed by atoms with Crippen LogP contribution in [0.3, 0.4) is 0 Å². The van der Waals surface area contributed by atoms with Crippen LogP contribution in [0.2, 0.25) is 5.02 Å². The van der Waals surface area contributed by atoms with E-state index in [1.54, 1.807) is 31.3 Å². The first-order chi connectivity index (χ1) is 9.47. The minimum atomic E-state index is -0.328. The molecular weight excluding hydrogens is 279 g/mol. The number of halogens is 2. The maximum absolute atomic E-state index is 13.1. The van der Waals surface area contributed by atoms with Crippen LogP contribution in [0.25, 0.3) is 0 Å². The molecule has 5 heteroatoms. The molecule has 0 saturated carbocycles. The molecule has 0 atom stereocenters. The average Bonchev–Trinajstić information content (AvgIpc) is 2.40. The Morgan fingerprint density at radius 2 is 2.05 bits per heavy atom. The molecule has 0 heterocycles. The van der Waals surface area contributed by atoms with E-state index in [0.29, 0.717) is 28.4 Å². The first kappa shape index (κ1) is 14.3. The van der Waals surface area contributed by atoms with Crippen LogP contribution in [0.5, 0.6) is 0 Å². The van der Waals surface area contributed by atoms with Crippen LogP contribution in [0, 0.1) is 5.82 Å². The van der Waals surface area contributed by atoms with Crippen molar-refractivity contribution in [3.05, 3.63) is 64.4 Å². The molecule has 1 amide bonds. The van der Waals surface area contributed by atoms with E-state index in [9.17, 15) is 9.18 Å². The van der Waals surface area contributed by atoms with Crippen molar-refractivity contribution in [2.75, 3.05) is 12.8 Å². The van der Waals surface area contributed by atoms with Crippen LogP contribution in [-0.4, -0.2) is 17.9 Å². The van der Waals surface area contributed by atoms with Crippen LogP contribution in [-0.2, 0) is 6.54 Å². The molecule has 0 aliphatic heterocycles. The first-order valence-electron chi connectivity index (χ1n) is 6.02. The fourth-order valence-corrected chi connectivity index (χ4v) is 2.09. The third-order valence-corrected chi connectivity index (χ3v) is 3.21. The lowest BCUT2D eigenvalue weighted by Gasteiger charge is -2.18. The fourth-order valence-electron chi connectivity index (χ4n) is 1.89. The Labute approximate surface area is 121 Å². The van der Waals surface area contributed by atoms with Crippen molar-refractivity contribution in [3.63, 3.8) is 0 Å². The molecule has 20 heavy (non-hydrogen) atoms. The number of rotatable bonds is 3. The van der Waals surface area contributed by atoms with Crippen molar-refractivity contribution in [1.82, 2.24) is 4.90 Å². The normalized spacial score (nSPS) is 10.3. The van der Waals surface area contributed by atoms with E-state index < -0.39 is 0 Å². The molecule has 0 saturated heterocycles. The minimum absolute atomic E-state index is 0.258. The molecule has 0 aromatic heterocycles. The van der Waals surface area contributed by atoms with Crippen molar-refractivity contribution in [3.8, 4) is 0 Å². The van der Waals surface area contributed by atoms with E-state index in [0.717, 1.165) is 0 Å². The minimum Gasteiger partial charge on any atom is -0.399 e. The second-order valence-corrected chi connectivity index (χ2v) is 4.94. The summed E-state index contributed by atoms with van der Waals surface area (Å²) in [7, 11) is 1.63. The second kappa shape index (κ2) is 5.92. The van der Waals surface area contributed by atoms with Gasteiger partial charge in [0.1, 0.15) is 5.82 Å². The summed E-state index contributed by atoms with van der Waals surface area (Å²) in [6, 6.07) is 10.9. The van der Waals surface area contributed by atoms with E-state index in [-0.39, 0.29) is 11.7 Å². The number of nitrogens with zero attached hydrogens (tertiary/aromatic N) is 1. The molecule has 2 aromatic carbocycles. The number of amides is 1. The molecule has 0 bridgehead atoms. The molecule has 2 rings (SSSR count). The highest BCUT2D eigenvalue weighted by Crippen LogP contribution is 2.21. The van der Waals surface area contributed by atoms with Gasteiger partial charge in [0.25, 0.3) is 5.91 Å². The zero-order valence-electron chi connectivity index (χ0n) is 10.9. The van der Waals surface area contributed by atoms with Crippen LogP contribution in [0.4, 0.5) is 10.1 Å². The summed E-state index contributed by atoms with van der Waals surface area (Å²) in [6.45, 7) is 0.293. The average molecular weight is 293 g/mol. The Morgan fingerprint density at radius 3 is 2.75 bits per heavy atom.